The highest BCUT2D eigenvalue weighted by atomic mass is 16.4. The summed E-state index contributed by atoms with van der Waals surface area (Å²) >= 11 is 0. The van der Waals surface area contributed by atoms with Gasteiger partial charge in [0.1, 0.15) is 5.58 Å². The van der Waals surface area contributed by atoms with E-state index in [1.807, 2.05) is 18.2 Å². The highest BCUT2D eigenvalue weighted by Gasteiger charge is 2.05. The lowest BCUT2D eigenvalue weighted by atomic mass is 10.1. The summed E-state index contributed by atoms with van der Waals surface area (Å²) in [5.41, 5.74) is 2.20. The molecule has 0 aliphatic rings. The number of nitrogens with zero attached hydrogens (tertiary/aromatic N) is 1. The first-order valence-corrected chi connectivity index (χ1v) is 5.95. The second-order valence-corrected chi connectivity index (χ2v) is 4.11. The topological polar surface area (TPSA) is 33.5 Å². The standard InChI is InChI=1S/C14H17NO2/c1-4-15(5-2)12-6-7-13-11(9-12)8-10(3)14(16)17-13/h6-9H,4-5H2,1-3H3. The van der Waals surface area contributed by atoms with Crippen LogP contribution in [0, 0.1) is 6.92 Å². The number of hydrogen-bond donors (Lipinski definition) is 0. The minimum atomic E-state index is -0.256. The molecule has 0 amide bonds. The summed E-state index contributed by atoms with van der Waals surface area (Å²) in [6, 6.07) is 7.81. The van der Waals surface area contributed by atoms with E-state index in [4.69, 9.17) is 4.42 Å². The minimum Gasteiger partial charge on any atom is -0.423 e. The third kappa shape index (κ3) is 2.18. The number of rotatable bonds is 3. The van der Waals surface area contributed by atoms with Crippen LogP contribution in [0.3, 0.4) is 0 Å². The summed E-state index contributed by atoms with van der Waals surface area (Å²) in [5.74, 6) is 0. The van der Waals surface area contributed by atoms with Gasteiger partial charge in [-0.25, -0.2) is 4.79 Å². The van der Waals surface area contributed by atoms with Crippen LogP contribution in [0.5, 0.6) is 0 Å². The normalized spacial score (nSPS) is 10.8. The molecule has 0 N–H and O–H groups in total. The number of hydrogen-bond acceptors (Lipinski definition) is 3. The Kier molecular flexibility index (Phi) is 3.18. The van der Waals surface area contributed by atoms with Gasteiger partial charge in [0.25, 0.3) is 0 Å². The van der Waals surface area contributed by atoms with Gasteiger partial charge in [-0.05, 0) is 45.0 Å². The number of fused-ring (bicyclic) bond motifs is 1. The first-order valence-electron chi connectivity index (χ1n) is 5.95. The molecule has 3 nitrogen and oxygen atoms in total. The molecule has 0 spiro atoms. The molecule has 3 heteroatoms. The van der Waals surface area contributed by atoms with Gasteiger partial charge in [-0.3, -0.25) is 0 Å². The number of anilines is 1. The zero-order valence-electron chi connectivity index (χ0n) is 10.5. The van der Waals surface area contributed by atoms with Crippen molar-refractivity contribution in [2.24, 2.45) is 0 Å². The van der Waals surface area contributed by atoms with Gasteiger partial charge < -0.3 is 9.32 Å². The van der Waals surface area contributed by atoms with E-state index in [1.54, 1.807) is 6.92 Å². The molecular weight excluding hydrogens is 214 g/mol. The predicted octanol–water partition coefficient (Wildman–Crippen LogP) is 2.95. The Morgan fingerprint density at radius 3 is 2.53 bits per heavy atom. The summed E-state index contributed by atoms with van der Waals surface area (Å²) in [7, 11) is 0. The van der Waals surface area contributed by atoms with Crippen LogP contribution in [0.25, 0.3) is 11.0 Å². The first-order chi connectivity index (χ1) is 8.15. The van der Waals surface area contributed by atoms with E-state index >= 15 is 0 Å². The van der Waals surface area contributed by atoms with Crippen molar-refractivity contribution in [2.75, 3.05) is 18.0 Å². The molecule has 90 valence electrons. The summed E-state index contributed by atoms with van der Waals surface area (Å²) in [5, 5.41) is 0.978. The Morgan fingerprint density at radius 1 is 1.18 bits per heavy atom. The van der Waals surface area contributed by atoms with Crippen molar-refractivity contribution in [3.05, 3.63) is 40.2 Å². The van der Waals surface area contributed by atoms with Crippen molar-refractivity contribution < 1.29 is 4.42 Å². The summed E-state index contributed by atoms with van der Waals surface area (Å²) in [4.78, 5) is 13.7. The van der Waals surface area contributed by atoms with E-state index in [9.17, 15) is 4.79 Å². The predicted molar refractivity (Wildman–Crippen MR) is 70.8 cm³/mol. The maximum absolute atomic E-state index is 11.4. The quantitative estimate of drug-likeness (QED) is 0.761. The smallest absolute Gasteiger partial charge is 0.339 e. The van der Waals surface area contributed by atoms with Crippen molar-refractivity contribution in [1.29, 1.82) is 0 Å². The van der Waals surface area contributed by atoms with Crippen LogP contribution in [-0.2, 0) is 0 Å². The lowest BCUT2D eigenvalue weighted by Crippen LogP contribution is -2.21. The van der Waals surface area contributed by atoms with Gasteiger partial charge in [0.2, 0.25) is 0 Å². The van der Waals surface area contributed by atoms with E-state index in [0.717, 1.165) is 24.2 Å². The average molecular weight is 231 g/mol. The summed E-state index contributed by atoms with van der Waals surface area (Å²) in [6.07, 6.45) is 0. The Labute approximate surface area is 101 Å². The second-order valence-electron chi connectivity index (χ2n) is 4.11. The fraction of sp³-hybridized carbons (Fsp3) is 0.357. The van der Waals surface area contributed by atoms with Crippen LogP contribution in [0.1, 0.15) is 19.4 Å². The molecule has 0 radical (unpaired) electrons. The molecule has 0 bridgehead atoms. The largest absolute Gasteiger partial charge is 0.423 e. The highest BCUT2D eigenvalue weighted by molar-refractivity contribution is 5.81. The zero-order chi connectivity index (χ0) is 12.4. The van der Waals surface area contributed by atoms with Gasteiger partial charge in [0.15, 0.2) is 0 Å². The maximum atomic E-state index is 11.4. The second kappa shape index (κ2) is 4.62. The van der Waals surface area contributed by atoms with E-state index in [0.29, 0.717) is 11.1 Å². The lowest BCUT2D eigenvalue weighted by molar-refractivity contribution is 0.555. The molecule has 17 heavy (non-hydrogen) atoms. The molecular formula is C14H17NO2. The third-order valence-corrected chi connectivity index (χ3v) is 3.02. The zero-order valence-corrected chi connectivity index (χ0v) is 10.5. The van der Waals surface area contributed by atoms with E-state index in [-0.39, 0.29) is 5.63 Å². The number of benzene rings is 1. The SMILES string of the molecule is CCN(CC)c1ccc2oc(=O)c(C)cc2c1. The van der Waals surface area contributed by atoms with Crippen LogP contribution in [-0.4, -0.2) is 13.1 Å². The summed E-state index contributed by atoms with van der Waals surface area (Å²) in [6.45, 7) is 7.97. The van der Waals surface area contributed by atoms with Crippen molar-refractivity contribution >= 4 is 16.7 Å². The maximum Gasteiger partial charge on any atom is 0.339 e. The Morgan fingerprint density at radius 2 is 1.88 bits per heavy atom. The van der Waals surface area contributed by atoms with Crippen LogP contribution in [0.15, 0.2) is 33.5 Å². The molecule has 0 saturated carbocycles. The average Bonchev–Trinajstić information content (AvgIpc) is 2.32. The molecule has 0 unspecified atom stereocenters. The molecule has 2 rings (SSSR count). The van der Waals surface area contributed by atoms with Crippen molar-refractivity contribution in [3.63, 3.8) is 0 Å². The molecule has 1 aromatic carbocycles. The van der Waals surface area contributed by atoms with Crippen LogP contribution < -0.4 is 10.5 Å². The molecule has 2 aromatic rings. The highest BCUT2D eigenvalue weighted by Crippen LogP contribution is 2.21. The fourth-order valence-corrected chi connectivity index (χ4v) is 2.00. The van der Waals surface area contributed by atoms with Crippen LogP contribution in [0.4, 0.5) is 5.69 Å². The molecule has 0 aliphatic carbocycles. The number of aryl methyl sites for hydroxylation is 1. The van der Waals surface area contributed by atoms with Gasteiger partial charge in [-0.1, -0.05) is 0 Å². The molecule has 1 aromatic heterocycles. The molecule has 0 atom stereocenters. The van der Waals surface area contributed by atoms with Crippen molar-refractivity contribution in [3.8, 4) is 0 Å². The summed E-state index contributed by atoms with van der Waals surface area (Å²) < 4.78 is 5.22. The monoisotopic (exact) mass is 231 g/mol. The van der Waals surface area contributed by atoms with E-state index in [1.165, 1.54) is 0 Å². The van der Waals surface area contributed by atoms with E-state index < -0.39 is 0 Å². The lowest BCUT2D eigenvalue weighted by Gasteiger charge is -2.21. The third-order valence-electron chi connectivity index (χ3n) is 3.02. The minimum absolute atomic E-state index is 0.256. The van der Waals surface area contributed by atoms with Gasteiger partial charge >= 0.3 is 5.63 Å². The van der Waals surface area contributed by atoms with Crippen LogP contribution >= 0.6 is 0 Å². The van der Waals surface area contributed by atoms with Gasteiger partial charge in [0.05, 0.1) is 0 Å². The Bertz CT molecular complexity index is 582. The van der Waals surface area contributed by atoms with Crippen molar-refractivity contribution in [2.45, 2.75) is 20.8 Å². The van der Waals surface area contributed by atoms with Gasteiger partial charge in [-0.2, -0.15) is 0 Å². The molecule has 0 fully saturated rings. The van der Waals surface area contributed by atoms with Crippen LogP contribution in [0.2, 0.25) is 0 Å². The first kappa shape index (κ1) is 11.7. The van der Waals surface area contributed by atoms with Gasteiger partial charge in [-0.15, -0.1) is 0 Å². The molecule has 0 aliphatic heterocycles. The van der Waals surface area contributed by atoms with Gasteiger partial charge in [0, 0.05) is 29.7 Å². The Hall–Kier alpha value is -1.77. The molecule has 1 heterocycles. The van der Waals surface area contributed by atoms with E-state index in [2.05, 4.69) is 24.8 Å². The molecule has 0 saturated heterocycles. The Balaban J connectivity index is 2.57. The van der Waals surface area contributed by atoms with Crippen molar-refractivity contribution in [1.82, 2.24) is 0 Å². The fourth-order valence-electron chi connectivity index (χ4n) is 2.00.